The number of hydrogen-bond donors (Lipinski definition) is 1. The molecular formula is C22H16O4. The molecule has 0 fully saturated rings. The minimum absolute atomic E-state index is 0.309. The highest BCUT2D eigenvalue weighted by Gasteiger charge is 2.58. The van der Waals surface area contributed by atoms with Gasteiger partial charge in [0.1, 0.15) is 5.41 Å². The van der Waals surface area contributed by atoms with E-state index in [1.807, 2.05) is 6.07 Å². The van der Waals surface area contributed by atoms with Crippen molar-refractivity contribution in [2.24, 2.45) is 5.92 Å². The third-order valence-corrected chi connectivity index (χ3v) is 5.22. The molecule has 2 aromatic carbocycles. The number of Topliss-reactive ketones (excluding diaryl/α,β-unsaturated/α-hetero) is 3. The molecule has 2 aliphatic rings. The van der Waals surface area contributed by atoms with Gasteiger partial charge < -0.3 is 5.11 Å². The van der Waals surface area contributed by atoms with E-state index in [0.717, 1.165) is 0 Å². The Labute approximate surface area is 150 Å². The molecule has 4 nitrogen and oxygen atoms in total. The monoisotopic (exact) mass is 344 g/mol. The Hall–Kier alpha value is -3.27. The normalized spacial score (nSPS) is 21.3. The fraction of sp³-hybridized carbons (Fsp3) is 0.136. The molecule has 2 aromatic rings. The van der Waals surface area contributed by atoms with E-state index in [4.69, 9.17) is 0 Å². The summed E-state index contributed by atoms with van der Waals surface area (Å²) in [6.45, 7) is 1.58. The van der Waals surface area contributed by atoms with Crippen LogP contribution in [0.25, 0.3) is 0 Å². The van der Waals surface area contributed by atoms with Crippen molar-refractivity contribution >= 4 is 17.3 Å². The summed E-state index contributed by atoms with van der Waals surface area (Å²) in [6.07, 6.45) is 2.93. The largest absolute Gasteiger partial charge is 0.504 e. The minimum atomic E-state index is -1.51. The molecule has 0 amide bonds. The van der Waals surface area contributed by atoms with Crippen molar-refractivity contribution < 1.29 is 19.5 Å². The molecule has 1 atom stereocenters. The van der Waals surface area contributed by atoms with Gasteiger partial charge in [0, 0.05) is 17.0 Å². The number of aliphatic hydroxyl groups is 1. The highest BCUT2D eigenvalue weighted by Crippen LogP contribution is 2.47. The number of carbonyl (C=O) groups excluding carboxylic acids is 3. The van der Waals surface area contributed by atoms with Gasteiger partial charge in [0.05, 0.1) is 0 Å². The predicted octanol–water partition coefficient (Wildman–Crippen LogP) is 3.59. The maximum atomic E-state index is 13.5. The highest BCUT2D eigenvalue weighted by atomic mass is 16.3. The molecule has 4 heteroatoms. The summed E-state index contributed by atoms with van der Waals surface area (Å²) < 4.78 is 0. The van der Waals surface area contributed by atoms with E-state index < -0.39 is 22.9 Å². The zero-order chi connectivity index (χ0) is 18.5. The Morgan fingerprint density at radius 1 is 0.808 bits per heavy atom. The van der Waals surface area contributed by atoms with Crippen LogP contribution in [-0.2, 0) is 10.2 Å². The molecule has 1 unspecified atom stereocenters. The number of aliphatic hydroxyl groups excluding tert-OH is 1. The summed E-state index contributed by atoms with van der Waals surface area (Å²) >= 11 is 0. The number of fused-ring (bicyclic) bond motifs is 1. The first kappa shape index (κ1) is 16.2. The van der Waals surface area contributed by atoms with Crippen molar-refractivity contribution in [3.63, 3.8) is 0 Å². The van der Waals surface area contributed by atoms with Gasteiger partial charge in [-0.15, -0.1) is 0 Å². The van der Waals surface area contributed by atoms with Crippen LogP contribution in [0.3, 0.4) is 0 Å². The van der Waals surface area contributed by atoms with Gasteiger partial charge in [-0.25, -0.2) is 0 Å². The Morgan fingerprint density at radius 3 is 1.88 bits per heavy atom. The highest BCUT2D eigenvalue weighted by molar-refractivity contribution is 6.33. The first-order valence-corrected chi connectivity index (χ1v) is 8.36. The van der Waals surface area contributed by atoms with E-state index in [2.05, 4.69) is 0 Å². The molecule has 2 aliphatic carbocycles. The quantitative estimate of drug-likeness (QED) is 0.845. The second kappa shape index (κ2) is 5.63. The smallest absolute Gasteiger partial charge is 0.222 e. The van der Waals surface area contributed by atoms with E-state index in [-0.39, 0.29) is 11.6 Å². The SMILES string of the molecule is CC1=CC(C2(c3ccccc3)C(=O)c3ccccc3C2=O)C=C(O)C1=O. The second-order valence-corrected chi connectivity index (χ2v) is 6.63. The summed E-state index contributed by atoms with van der Waals surface area (Å²) in [7, 11) is 0. The molecule has 128 valence electrons. The predicted molar refractivity (Wildman–Crippen MR) is 96.2 cm³/mol. The van der Waals surface area contributed by atoms with Gasteiger partial charge in [0.15, 0.2) is 17.3 Å². The van der Waals surface area contributed by atoms with Gasteiger partial charge in [0.2, 0.25) is 5.78 Å². The van der Waals surface area contributed by atoms with Crippen molar-refractivity contribution in [2.75, 3.05) is 0 Å². The summed E-state index contributed by atoms with van der Waals surface area (Å²) in [4.78, 5) is 38.9. The number of rotatable bonds is 2. The van der Waals surface area contributed by atoms with Crippen LogP contribution < -0.4 is 0 Å². The van der Waals surface area contributed by atoms with Crippen LogP contribution in [0.1, 0.15) is 33.2 Å². The van der Waals surface area contributed by atoms with Crippen molar-refractivity contribution in [2.45, 2.75) is 12.3 Å². The molecule has 0 heterocycles. The summed E-state index contributed by atoms with van der Waals surface area (Å²) in [5.74, 6) is -2.27. The average Bonchev–Trinajstić information content (AvgIpc) is 2.89. The van der Waals surface area contributed by atoms with Crippen molar-refractivity contribution in [3.8, 4) is 0 Å². The van der Waals surface area contributed by atoms with Gasteiger partial charge in [0.25, 0.3) is 0 Å². The van der Waals surface area contributed by atoms with Gasteiger partial charge in [-0.3, -0.25) is 14.4 Å². The van der Waals surface area contributed by atoms with Crippen LogP contribution >= 0.6 is 0 Å². The lowest BCUT2D eigenvalue weighted by atomic mass is 9.65. The molecule has 0 saturated heterocycles. The van der Waals surface area contributed by atoms with Gasteiger partial charge >= 0.3 is 0 Å². The Kier molecular flexibility index (Phi) is 3.51. The molecule has 0 bridgehead atoms. The van der Waals surface area contributed by atoms with Crippen molar-refractivity contribution in [1.29, 1.82) is 0 Å². The van der Waals surface area contributed by atoms with E-state index in [0.29, 0.717) is 22.3 Å². The number of ketones is 3. The molecule has 0 aliphatic heterocycles. The van der Waals surface area contributed by atoms with E-state index in [1.54, 1.807) is 61.5 Å². The lowest BCUT2D eigenvalue weighted by Gasteiger charge is -2.33. The first-order valence-electron chi connectivity index (χ1n) is 8.36. The molecular weight excluding hydrogens is 328 g/mol. The van der Waals surface area contributed by atoms with Gasteiger partial charge in [-0.05, 0) is 24.1 Å². The maximum Gasteiger partial charge on any atom is 0.222 e. The lowest BCUT2D eigenvalue weighted by molar-refractivity contribution is -0.114. The third kappa shape index (κ3) is 1.99. The second-order valence-electron chi connectivity index (χ2n) is 6.63. The van der Waals surface area contributed by atoms with E-state index in [9.17, 15) is 19.5 Å². The summed E-state index contributed by atoms with van der Waals surface area (Å²) in [5.41, 5.74) is 0.107. The number of allylic oxidation sites excluding steroid dienone is 3. The molecule has 0 saturated carbocycles. The fourth-order valence-corrected chi connectivity index (χ4v) is 3.96. The van der Waals surface area contributed by atoms with Crippen molar-refractivity contribution in [3.05, 3.63) is 94.8 Å². The molecule has 1 N–H and O–H groups in total. The Morgan fingerprint density at radius 2 is 1.35 bits per heavy atom. The van der Waals surface area contributed by atoms with E-state index >= 15 is 0 Å². The van der Waals surface area contributed by atoms with Crippen LogP contribution in [0.4, 0.5) is 0 Å². The Balaban J connectivity index is 2.02. The standard InChI is InChI=1S/C22H16O4/c1-13-11-15(12-18(23)19(13)24)22(14-7-3-2-4-8-14)20(25)16-9-5-6-10-17(16)21(22)26/h2-12,15,23H,1H3. The molecule has 0 radical (unpaired) electrons. The number of benzene rings is 2. The van der Waals surface area contributed by atoms with Crippen LogP contribution in [0.2, 0.25) is 0 Å². The van der Waals surface area contributed by atoms with Crippen LogP contribution in [0, 0.1) is 5.92 Å². The number of carbonyl (C=O) groups is 3. The van der Waals surface area contributed by atoms with Crippen LogP contribution in [0.5, 0.6) is 0 Å². The fourth-order valence-electron chi connectivity index (χ4n) is 3.96. The maximum absolute atomic E-state index is 13.5. The lowest BCUT2D eigenvalue weighted by Crippen LogP contribution is -2.45. The molecule has 0 spiro atoms. The molecule has 26 heavy (non-hydrogen) atoms. The molecule has 0 aromatic heterocycles. The zero-order valence-electron chi connectivity index (χ0n) is 14.1. The topological polar surface area (TPSA) is 71.4 Å². The van der Waals surface area contributed by atoms with Gasteiger partial charge in [-0.1, -0.05) is 60.7 Å². The van der Waals surface area contributed by atoms with Crippen molar-refractivity contribution in [1.82, 2.24) is 0 Å². The summed E-state index contributed by atoms with van der Waals surface area (Å²) in [5, 5.41) is 10.1. The van der Waals surface area contributed by atoms with Gasteiger partial charge in [-0.2, -0.15) is 0 Å². The minimum Gasteiger partial charge on any atom is -0.504 e. The van der Waals surface area contributed by atoms with Crippen LogP contribution in [-0.4, -0.2) is 22.5 Å². The number of hydrogen-bond acceptors (Lipinski definition) is 4. The Bertz CT molecular complexity index is 954. The van der Waals surface area contributed by atoms with Crippen LogP contribution in [0.15, 0.2) is 78.1 Å². The van der Waals surface area contributed by atoms with E-state index in [1.165, 1.54) is 6.08 Å². The first-order chi connectivity index (χ1) is 12.5. The third-order valence-electron chi connectivity index (χ3n) is 5.22. The zero-order valence-corrected chi connectivity index (χ0v) is 14.1. The molecule has 4 rings (SSSR count). The summed E-state index contributed by atoms with van der Waals surface area (Å²) in [6, 6.07) is 15.6. The average molecular weight is 344 g/mol.